The standard InChI is InChI=1S/C13H14F3NO2/c14-13(15,16)10-17(8-9-18)12(19)7-6-11-4-2-1-3-5-11/h1-7,18H,8-10H2/b7-6+. The van der Waals surface area contributed by atoms with Crippen LogP contribution in [0, 0.1) is 0 Å². The number of carbonyl (C=O) groups is 1. The molecule has 1 aromatic carbocycles. The molecule has 0 spiro atoms. The first-order valence-corrected chi connectivity index (χ1v) is 5.62. The Kier molecular flexibility index (Phi) is 5.57. The lowest BCUT2D eigenvalue weighted by molar-refractivity contribution is -0.158. The number of aliphatic hydroxyl groups is 1. The number of hydrogen-bond donors (Lipinski definition) is 1. The maximum atomic E-state index is 12.3. The fourth-order valence-electron chi connectivity index (χ4n) is 1.44. The van der Waals surface area contributed by atoms with E-state index in [9.17, 15) is 18.0 Å². The smallest absolute Gasteiger partial charge is 0.395 e. The predicted molar refractivity (Wildman–Crippen MR) is 65.2 cm³/mol. The number of aliphatic hydroxyl groups excluding tert-OH is 1. The molecule has 0 bridgehead atoms. The van der Waals surface area contributed by atoms with Crippen LogP contribution in [-0.2, 0) is 4.79 Å². The van der Waals surface area contributed by atoms with Crippen molar-refractivity contribution in [3.63, 3.8) is 0 Å². The molecule has 0 heterocycles. The predicted octanol–water partition coefficient (Wildman–Crippen LogP) is 2.08. The van der Waals surface area contributed by atoms with Crippen LogP contribution in [0.3, 0.4) is 0 Å². The summed E-state index contributed by atoms with van der Waals surface area (Å²) in [6.07, 6.45) is -1.98. The van der Waals surface area contributed by atoms with E-state index in [4.69, 9.17) is 5.11 Å². The van der Waals surface area contributed by atoms with E-state index in [0.717, 1.165) is 6.08 Å². The van der Waals surface area contributed by atoms with Gasteiger partial charge in [0.1, 0.15) is 6.54 Å². The average molecular weight is 273 g/mol. The Morgan fingerprint density at radius 2 is 1.89 bits per heavy atom. The topological polar surface area (TPSA) is 40.5 Å². The van der Waals surface area contributed by atoms with E-state index in [1.807, 2.05) is 0 Å². The van der Waals surface area contributed by atoms with Gasteiger partial charge in [-0.15, -0.1) is 0 Å². The van der Waals surface area contributed by atoms with Gasteiger partial charge in [-0.1, -0.05) is 30.3 Å². The van der Waals surface area contributed by atoms with Gasteiger partial charge in [0, 0.05) is 12.6 Å². The van der Waals surface area contributed by atoms with Gasteiger partial charge in [0.15, 0.2) is 0 Å². The third kappa shape index (κ3) is 6.05. The van der Waals surface area contributed by atoms with Crippen LogP contribution in [0.25, 0.3) is 6.08 Å². The van der Waals surface area contributed by atoms with Crippen molar-refractivity contribution < 1.29 is 23.1 Å². The number of hydrogen-bond acceptors (Lipinski definition) is 2. The number of halogens is 3. The van der Waals surface area contributed by atoms with Crippen LogP contribution in [-0.4, -0.2) is 41.8 Å². The molecule has 0 aliphatic rings. The summed E-state index contributed by atoms with van der Waals surface area (Å²) in [5.74, 6) is -0.782. The fourth-order valence-corrected chi connectivity index (χ4v) is 1.44. The minimum Gasteiger partial charge on any atom is -0.395 e. The van der Waals surface area contributed by atoms with Crippen molar-refractivity contribution >= 4 is 12.0 Å². The summed E-state index contributed by atoms with van der Waals surface area (Å²) >= 11 is 0. The van der Waals surface area contributed by atoms with Crippen LogP contribution in [0.2, 0.25) is 0 Å². The third-order valence-electron chi connectivity index (χ3n) is 2.27. The van der Waals surface area contributed by atoms with E-state index >= 15 is 0 Å². The van der Waals surface area contributed by atoms with Crippen LogP contribution >= 0.6 is 0 Å². The second kappa shape index (κ2) is 6.94. The molecule has 1 rings (SSSR count). The van der Waals surface area contributed by atoms with E-state index in [1.54, 1.807) is 30.3 Å². The molecule has 0 aliphatic carbocycles. The molecular weight excluding hydrogens is 259 g/mol. The number of carbonyl (C=O) groups excluding carboxylic acids is 1. The van der Waals surface area contributed by atoms with E-state index in [1.165, 1.54) is 6.08 Å². The molecule has 1 amide bonds. The number of benzene rings is 1. The fraction of sp³-hybridized carbons (Fsp3) is 0.308. The molecule has 1 aromatic rings. The molecule has 0 fully saturated rings. The SMILES string of the molecule is O=C(/C=C/c1ccccc1)N(CCO)CC(F)(F)F. The van der Waals surface area contributed by atoms with Gasteiger partial charge in [-0.25, -0.2) is 0 Å². The van der Waals surface area contributed by atoms with Crippen molar-refractivity contribution in [2.75, 3.05) is 19.7 Å². The van der Waals surface area contributed by atoms with E-state index in [-0.39, 0.29) is 6.54 Å². The van der Waals surface area contributed by atoms with Gasteiger partial charge in [-0.3, -0.25) is 4.79 Å². The minimum atomic E-state index is -4.48. The molecule has 0 saturated heterocycles. The molecule has 104 valence electrons. The van der Waals surface area contributed by atoms with E-state index in [2.05, 4.69) is 0 Å². The monoisotopic (exact) mass is 273 g/mol. The lowest BCUT2D eigenvalue weighted by Gasteiger charge is -2.21. The number of alkyl halides is 3. The molecule has 6 heteroatoms. The Balaban J connectivity index is 2.69. The van der Waals surface area contributed by atoms with Gasteiger partial charge in [0.25, 0.3) is 0 Å². The summed E-state index contributed by atoms with van der Waals surface area (Å²) < 4.78 is 36.8. The van der Waals surface area contributed by atoms with Gasteiger partial charge < -0.3 is 10.0 Å². The Hall–Kier alpha value is -1.82. The molecule has 0 unspecified atom stereocenters. The molecule has 1 N–H and O–H groups in total. The van der Waals surface area contributed by atoms with Crippen molar-refractivity contribution in [2.24, 2.45) is 0 Å². The minimum absolute atomic E-state index is 0.350. The highest BCUT2D eigenvalue weighted by Crippen LogP contribution is 2.16. The molecule has 19 heavy (non-hydrogen) atoms. The molecule has 0 radical (unpaired) electrons. The highest BCUT2D eigenvalue weighted by Gasteiger charge is 2.32. The second-order valence-corrected chi connectivity index (χ2v) is 3.84. The largest absolute Gasteiger partial charge is 0.406 e. The Morgan fingerprint density at radius 3 is 2.42 bits per heavy atom. The first-order valence-electron chi connectivity index (χ1n) is 5.62. The van der Waals surface area contributed by atoms with Gasteiger partial charge in [0.2, 0.25) is 5.91 Å². The first-order chi connectivity index (χ1) is 8.92. The van der Waals surface area contributed by atoms with Crippen LogP contribution in [0.1, 0.15) is 5.56 Å². The molecule has 0 saturated carbocycles. The highest BCUT2D eigenvalue weighted by molar-refractivity contribution is 5.91. The lowest BCUT2D eigenvalue weighted by atomic mass is 10.2. The van der Waals surface area contributed by atoms with Gasteiger partial charge in [0.05, 0.1) is 6.61 Å². The average Bonchev–Trinajstić information content (AvgIpc) is 2.35. The Labute approximate surface area is 109 Å². The second-order valence-electron chi connectivity index (χ2n) is 3.84. The number of rotatable bonds is 5. The maximum Gasteiger partial charge on any atom is 0.406 e. The van der Waals surface area contributed by atoms with Crippen LogP contribution in [0.5, 0.6) is 0 Å². The molecular formula is C13H14F3NO2. The summed E-state index contributed by atoms with van der Waals surface area (Å²) in [5, 5.41) is 8.68. The summed E-state index contributed by atoms with van der Waals surface area (Å²) in [5.41, 5.74) is 0.715. The zero-order valence-electron chi connectivity index (χ0n) is 10.1. The molecule has 0 aromatic heterocycles. The number of nitrogens with zero attached hydrogens (tertiary/aromatic N) is 1. The van der Waals surface area contributed by atoms with Crippen LogP contribution in [0.4, 0.5) is 13.2 Å². The first kappa shape index (κ1) is 15.2. The zero-order chi connectivity index (χ0) is 14.3. The summed E-state index contributed by atoms with van der Waals surface area (Å²) in [7, 11) is 0. The van der Waals surface area contributed by atoms with Gasteiger partial charge in [-0.05, 0) is 11.6 Å². The summed E-state index contributed by atoms with van der Waals surface area (Å²) in [4.78, 5) is 12.2. The maximum absolute atomic E-state index is 12.3. The van der Waals surface area contributed by atoms with Crippen molar-refractivity contribution in [1.29, 1.82) is 0 Å². The quantitative estimate of drug-likeness (QED) is 0.834. The molecule has 0 atom stereocenters. The van der Waals surface area contributed by atoms with Gasteiger partial charge >= 0.3 is 6.18 Å². The zero-order valence-corrected chi connectivity index (χ0v) is 10.1. The molecule has 0 aliphatic heterocycles. The summed E-state index contributed by atoms with van der Waals surface area (Å²) in [6, 6.07) is 8.76. The van der Waals surface area contributed by atoms with Crippen molar-refractivity contribution in [3.05, 3.63) is 42.0 Å². The van der Waals surface area contributed by atoms with Crippen molar-refractivity contribution in [1.82, 2.24) is 4.90 Å². The van der Waals surface area contributed by atoms with Crippen LogP contribution in [0.15, 0.2) is 36.4 Å². The normalized spacial score (nSPS) is 11.8. The summed E-state index contributed by atoms with van der Waals surface area (Å²) in [6.45, 7) is -2.23. The Bertz CT molecular complexity index is 429. The third-order valence-corrected chi connectivity index (χ3v) is 2.27. The van der Waals surface area contributed by atoms with Gasteiger partial charge in [-0.2, -0.15) is 13.2 Å². The lowest BCUT2D eigenvalue weighted by Crippen LogP contribution is -2.39. The van der Waals surface area contributed by atoms with E-state index in [0.29, 0.717) is 10.5 Å². The Morgan fingerprint density at radius 1 is 1.26 bits per heavy atom. The van der Waals surface area contributed by atoms with Crippen molar-refractivity contribution in [3.8, 4) is 0 Å². The van der Waals surface area contributed by atoms with Crippen molar-refractivity contribution in [2.45, 2.75) is 6.18 Å². The highest BCUT2D eigenvalue weighted by atomic mass is 19.4. The number of amides is 1. The van der Waals surface area contributed by atoms with E-state index < -0.39 is 25.2 Å². The molecule has 3 nitrogen and oxygen atoms in total. The van der Waals surface area contributed by atoms with Crippen LogP contribution < -0.4 is 0 Å².